The summed E-state index contributed by atoms with van der Waals surface area (Å²) < 4.78 is 20.2. The molecule has 1 aromatic heterocycles. The molecule has 1 atom stereocenters. The standard InChI is InChI=1S/C15H14FN5O2/c1-3-7-23-14(22)12-9(2)17-15-18-19-20-21(15)13(12)10-5-4-6-11(16)8-10/h3-6,8,13H,1,7H2,2H3,(H,17,18,20)/t13-/m1/s1. The second-order valence-corrected chi connectivity index (χ2v) is 4.96. The third-order valence-corrected chi connectivity index (χ3v) is 3.43. The number of hydrogen-bond acceptors (Lipinski definition) is 6. The summed E-state index contributed by atoms with van der Waals surface area (Å²) in [5.41, 5.74) is 1.41. The van der Waals surface area contributed by atoms with Crippen molar-refractivity contribution < 1.29 is 13.9 Å². The van der Waals surface area contributed by atoms with Crippen LogP contribution in [-0.4, -0.2) is 32.8 Å². The number of allylic oxidation sites excluding steroid dienone is 1. The Bertz CT molecular complexity index is 799. The summed E-state index contributed by atoms with van der Waals surface area (Å²) in [6.07, 6.45) is 1.48. The Morgan fingerprint density at radius 2 is 2.39 bits per heavy atom. The lowest BCUT2D eigenvalue weighted by molar-refractivity contribution is -0.138. The van der Waals surface area contributed by atoms with E-state index in [1.807, 2.05) is 0 Å². The largest absolute Gasteiger partial charge is 0.458 e. The fraction of sp³-hybridized carbons (Fsp3) is 0.200. The van der Waals surface area contributed by atoms with Crippen molar-refractivity contribution in [3.8, 4) is 0 Å². The minimum Gasteiger partial charge on any atom is -0.458 e. The highest BCUT2D eigenvalue weighted by molar-refractivity contribution is 5.92. The van der Waals surface area contributed by atoms with Gasteiger partial charge in [0.05, 0.1) is 5.57 Å². The van der Waals surface area contributed by atoms with Crippen LogP contribution in [0.4, 0.5) is 10.3 Å². The normalized spacial score (nSPS) is 16.5. The zero-order valence-corrected chi connectivity index (χ0v) is 12.4. The number of esters is 1. The van der Waals surface area contributed by atoms with Crippen LogP contribution in [0.3, 0.4) is 0 Å². The number of ether oxygens (including phenoxy) is 1. The predicted octanol–water partition coefficient (Wildman–Crippen LogP) is 1.83. The SMILES string of the molecule is C=CCOC(=O)C1=C(C)Nc2nnnn2[C@@H]1c1cccc(F)c1. The van der Waals surface area contributed by atoms with Gasteiger partial charge in [-0.2, -0.15) is 4.68 Å². The number of carbonyl (C=O) groups is 1. The molecular weight excluding hydrogens is 301 g/mol. The maximum atomic E-state index is 13.6. The van der Waals surface area contributed by atoms with Gasteiger partial charge in [0, 0.05) is 5.70 Å². The summed E-state index contributed by atoms with van der Waals surface area (Å²) in [6, 6.07) is 5.28. The molecule has 2 aromatic rings. The zero-order chi connectivity index (χ0) is 16.4. The Labute approximate surface area is 131 Å². The summed E-state index contributed by atoms with van der Waals surface area (Å²) in [7, 11) is 0. The van der Waals surface area contributed by atoms with Crippen molar-refractivity contribution in [3.05, 3.63) is 59.6 Å². The van der Waals surface area contributed by atoms with Gasteiger partial charge in [0.25, 0.3) is 0 Å². The Morgan fingerprint density at radius 3 is 3.13 bits per heavy atom. The molecule has 1 aromatic carbocycles. The van der Waals surface area contributed by atoms with Crippen molar-refractivity contribution in [1.29, 1.82) is 0 Å². The molecule has 3 rings (SSSR count). The van der Waals surface area contributed by atoms with Gasteiger partial charge in [0.2, 0.25) is 5.95 Å². The molecule has 0 aliphatic carbocycles. The first-order chi connectivity index (χ1) is 11.1. The quantitative estimate of drug-likeness (QED) is 0.685. The van der Waals surface area contributed by atoms with Crippen molar-refractivity contribution in [2.24, 2.45) is 0 Å². The number of carbonyl (C=O) groups excluding carboxylic acids is 1. The number of halogens is 1. The van der Waals surface area contributed by atoms with E-state index in [9.17, 15) is 9.18 Å². The predicted molar refractivity (Wildman–Crippen MR) is 79.8 cm³/mol. The molecule has 0 amide bonds. The van der Waals surface area contributed by atoms with E-state index in [0.717, 1.165) is 0 Å². The van der Waals surface area contributed by atoms with E-state index < -0.39 is 17.8 Å². The molecule has 0 radical (unpaired) electrons. The van der Waals surface area contributed by atoms with Crippen LogP contribution in [0.25, 0.3) is 0 Å². The number of rotatable bonds is 4. The molecule has 0 unspecified atom stereocenters. The summed E-state index contributed by atoms with van der Waals surface area (Å²) in [5.74, 6) is -0.575. The summed E-state index contributed by atoms with van der Waals surface area (Å²) >= 11 is 0. The molecule has 118 valence electrons. The average molecular weight is 315 g/mol. The van der Waals surface area contributed by atoms with Crippen molar-refractivity contribution in [2.45, 2.75) is 13.0 Å². The lowest BCUT2D eigenvalue weighted by atomic mass is 9.96. The second kappa shape index (κ2) is 5.99. The number of benzene rings is 1. The highest BCUT2D eigenvalue weighted by atomic mass is 19.1. The van der Waals surface area contributed by atoms with Crippen LogP contribution in [0.2, 0.25) is 0 Å². The van der Waals surface area contributed by atoms with Crippen molar-refractivity contribution in [3.63, 3.8) is 0 Å². The van der Waals surface area contributed by atoms with Crippen LogP contribution in [-0.2, 0) is 9.53 Å². The molecule has 23 heavy (non-hydrogen) atoms. The Hall–Kier alpha value is -3.03. The molecule has 0 bridgehead atoms. The van der Waals surface area contributed by atoms with Gasteiger partial charge in [0.15, 0.2) is 0 Å². The van der Waals surface area contributed by atoms with Gasteiger partial charge in [-0.25, -0.2) is 9.18 Å². The van der Waals surface area contributed by atoms with E-state index in [4.69, 9.17) is 4.74 Å². The van der Waals surface area contributed by atoms with E-state index in [1.165, 1.54) is 22.9 Å². The summed E-state index contributed by atoms with van der Waals surface area (Å²) in [4.78, 5) is 12.4. The van der Waals surface area contributed by atoms with Gasteiger partial charge in [-0.3, -0.25) is 0 Å². The smallest absolute Gasteiger partial charge is 0.338 e. The molecule has 1 N–H and O–H groups in total. The van der Waals surface area contributed by atoms with E-state index in [1.54, 1.807) is 19.1 Å². The fourth-order valence-corrected chi connectivity index (χ4v) is 2.47. The number of fused-ring (bicyclic) bond motifs is 1. The van der Waals surface area contributed by atoms with E-state index in [-0.39, 0.29) is 6.61 Å². The van der Waals surface area contributed by atoms with Gasteiger partial charge in [-0.1, -0.05) is 29.9 Å². The zero-order valence-electron chi connectivity index (χ0n) is 12.4. The van der Waals surface area contributed by atoms with Crippen LogP contribution in [0, 0.1) is 5.82 Å². The van der Waals surface area contributed by atoms with Crippen LogP contribution >= 0.6 is 0 Å². The van der Waals surface area contributed by atoms with Crippen molar-refractivity contribution >= 4 is 11.9 Å². The molecule has 8 heteroatoms. The maximum Gasteiger partial charge on any atom is 0.338 e. The Balaban J connectivity index is 2.10. The number of nitrogens with one attached hydrogen (secondary N) is 1. The van der Waals surface area contributed by atoms with Gasteiger partial charge in [-0.05, 0) is 35.0 Å². The molecule has 7 nitrogen and oxygen atoms in total. The number of hydrogen-bond donors (Lipinski definition) is 1. The van der Waals surface area contributed by atoms with Crippen molar-refractivity contribution in [2.75, 3.05) is 11.9 Å². The first-order valence-corrected chi connectivity index (χ1v) is 6.91. The van der Waals surface area contributed by atoms with E-state index >= 15 is 0 Å². The third-order valence-electron chi connectivity index (χ3n) is 3.43. The monoisotopic (exact) mass is 315 g/mol. The first-order valence-electron chi connectivity index (χ1n) is 6.91. The Morgan fingerprint density at radius 1 is 1.57 bits per heavy atom. The number of anilines is 1. The molecule has 1 aliphatic heterocycles. The fourth-order valence-electron chi connectivity index (χ4n) is 2.47. The first kappa shape index (κ1) is 14.9. The third kappa shape index (κ3) is 2.70. The number of tetrazole rings is 1. The molecule has 0 saturated heterocycles. The molecular formula is C15H14FN5O2. The van der Waals surface area contributed by atoms with Crippen LogP contribution < -0.4 is 5.32 Å². The molecule has 2 heterocycles. The summed E-state index contributed by atoms with van der Waals surface area (Å²) in [5, 5.41) is 14.3. The lowest BCUT2D eigenvalue weighted by Gasteiger charge is -2.27. The van der Waals surface area contributed by atoms with E-state index in [0.29, 0.717) is 22.8 Å². The lowest BCUT2D eigenvalue weighted by Crippen LogP contribution is -2.29. The highest BCUT2D eigenvalue weighted by Crippen LogP contribution is 2.34. The number of nitrogens with zero attached hydrogens (tertiary/aromatic N) is 4. The van der Waals surface area contributed by atoms with Crippen LogP contribution in [0.15, 0.2) is 48.2 Å². The minimum atomic E-state index is -0.672. The molecule has 0 saturated carbocycles. The molecule has 1 aliphatic rings. The van der Waals surface area contributed by atoms with Crippen molar-refractivity contribution in [1.82, 2.24) is 20.2 Å². The maximum absolute atomic E-state index is 13.6. The van der Waals surface area contributed by atoms with E-state index in [2.05, 4.69) is 27.4 Å². The summed E-state index contributed by atoms with van der Waals surface area (Å²) in [6.45, 7) is 5.31. The second-order valence-electron chi connectivity index (χ2n) is 4.96. The van der Waals surface area contributed by atoms with Crippen LogP contribution in [0.5, 0.6) is 0 Å². The number of aromatic nitrogens is 4. The van der Waals surface area contributed by atoms with Crippen LogP contribution in [0.1, 0.15) is 18.5 Å². The molecule has 0 fully saturated rings. The van der Waals surface area contributed by atoms with Gasteiger partial charge >= 0.3 is 5.97 Å². The van der Waals surface area contributed by atoms with Gasteiger partial charge in [-0.15, -0.1) is 0 Å². The molecule has 0 spiro atoms. The topological polar surface area (TPSA) is 81.9 Å². The Kier molecular flexibility index (Phi) is 3.88. The minimum absolute atomic E-state index is 0.0773. The average Bonchev–Trinajstić information content (AvgIpc) is 2.99. The highest BCUT2D eigenvalue weighted by Gasteiger charge is 2.34. The van der Waals surface area contributed by atoms with Gasteiger partial charge < -0.3 is 10.1 Å². The van der Waals surface area contributed by atoms with Gasteiger partial charge in [0.1, 0.15) is 18.5 Å².